The highest BCUT2D eigenvalue weighted by Gasteiger charge is 2.11. The minimum atomic E-state index is -1.14. The molecule has 1 aromatic rings. The molecule has 0 atom stereocenters. The van der Waals surface area contributed by atoms with E-state index in [4.69, 9.17) is 5.11 Å². The van der Waals surface area contributed by atoms with Crippen LogP contribution in [0.1, 0.15) is 12.8 Å². The number of halogens is 2. The number of carbonyl (C=O) groups excluding carboxylic acids is 2. The summed E-state index contributed by atoms with van der Waals surface area (Å²) in [5.41, 5.74) is -0.0992. The minimum absolute atomic E-state index is 0.0992. The van der Waals surface area contributed by atoms with E-state index in [1.54, 1.807) is 0 Å². The summed E-state index contributed by atoms with van der Waals surface area (Å²) in [7, 11) is 0. The monoisotopic (exact) mass is 332 g/mol. The van der Waals surface area contributed by atoms with Gasteiger partial charge >= 0.3 is 12.0 Å². The second-order valence-electron chi connectivity index (χ2n) is 3.52. The predicted molar refractivity (Wildman–Crippen MR) is 68.1 cm³/mol. The summed E-state index contributed by atoms with van der Waals surface area (Å²) >= 11 is 3.11. The van der Waals surface area contributed by atoms with Gasteiger partial charge in [-0.1, -0.05) is 15.9 Å². The third-order valence-electron chi connectivity index (χ3n) is 2.00. The van der Waals surface area contributed by atoms with Crippen LogP contribution in [0.3, 0.4) is 0 Å². The van der Waals surface area contributed by atoms with Crippen LogP contribution >= 0.6 is 15.9 Å². The second kappa shape index (κ2) is 6.83. The number of aliphatic carboxylic acids is 1. The molecule has 19 heavy (non-hydrogen) atoms. The first-order chi connectivity index (χ1) is 8.88. The fourth-order valence-corrected chi connectivity index (χ4v) is 1.52. The topological polar surface area (TPSA) is 95.5 Å². The quantitative estimate of drug-likeness (QED) is 0.786. The number of imide groups is 1. The smallest absolute Gasteiger partial charge is 0.325 e. The van der Waals surface area contributed by atoms with Gasteiger partial charge in [0.1, 0.15) is 5.82 Å². The van der Waals surface area contributed by atoms with E-state index >= 15 is 0 Å². The highest BCUT2D eigenvalue weighted by Crippen LogP contribution is 2.19. The lowest BCUT2D eigenvalue weighted by Crippen LogP contribution is -2.34. The molecule has 3 amide bonds. The predicted octanol–water partition coefficient (Wildman–Crippen LogP) is 2.10. The zero-order valence-electron chi connectivity index (χ0n) is 9.57. The number of amides is 3. The molecule has 0 unspecified atom stereocenters. The molecule has 0 fully saturated rings. The van der Waals surface area contributed by atoms with Crippen molar-refractivity contribution in [2.45, 2.75) is 12.8 Å². The highest BCUT2D eigenvalue weighted by molar-refractivity contribution is 9.10. The SMILES string of the molecule is O=C(O)CCC(=O)NC(=O)Nc1cc(Br)ccc1F. The van der Waals surface area contributed by atoms with Crippen molar-refractivity contribution in [3.05, 3.63) is 28.5 Å². The van der Waals surface area contributed by atoms with Crippen molar-refractivity contribution in [1.82, 2.24) is 5.32 Å². The number of carboxylic acids is 1. The molecule has 0 aromatic heterocycles. The number of nitrogens with one attached hydrogen (secondary N) is 2. The lowest BCUT2D eigenvalue weighted by atomic mass is 10.3. The Kier molecular flexibility index (Phi) is 5.43. The van der Waals surface area contributed by atoms with Gasteiger partial charge in [-0.2, -0.15) is 0 Å². The molecule has 6 nitrogen and oxygen atoms in total. The van der Waals surface area contributed by atoms with E-state index < -0.39 is 23.7 Å². The lowest BCUT2D eigenvalue weighted by Gasteiger charge is -2.07. The van der Waals surface area contributed by atoms with Gasteiger partial charge in [-0.15, -0.1) is 0 Å². The summed E-state index contributed by atoms with van der Waals surface area (Å²) in [6.07, 6.45) is -0.714. The molecule has 3 N–H and O–H groups in total. The van der Waals surface area contributed by atoms with E-state index in [0.29, 0.717) is 4.47 Å². The van der Waals surface area contributed by atoms with Crippen molar-refractivity contribution >= 4 is 39.5 Å². The third kappa shape index (κ3) is 5.47. The number of urea groups is 1. The molecule has 0 bridgehead atoms. The molecule has 0 spiro atoms. The number of rotatable bonds is 4. The molecular weight excluding hydrogens is 323 g/mol. The number of hydrogen-bond acceptors (Lipinski definition) is 3. The van der Waals surface area contributed by atoms with Crippen molar-refractivity contribution in [2.24, 2.45) is 0 Å². The first-order valence-electron chi connectivity index (χ1n) is 5.16. The van der Waals surface area contributed by atoms with Gasteiger partial charge in [0.25, 0.3) is 0 Å². The van der Waals surface area contributed by atoms with Crippen LogP contribution < -0.4 is 10.6 Å². The molecule has 0 saturated heterocycles. The first kappa shape index (κ1) is 15.1. The zero-order chi connectivity index (χ0) is 14.4. The maximum Gasteiger partial charge on any atom is 0.325 e. The molecule has 0 aliphatic carbocycles. The van der Waals surface area contributed by atoms with E-state index in [9.17, 15) is 18.8 Å². The Morgan fingerprint density at radius 2 is 1.95 bits per heavy atom. The summed E-state index contributed by atoms with van der Waals surface area (Å²) < 4.78 is 13.9. The first-order valence-corrected chi connectivity index (χ1v) is 5.95. The Hall–Kier alpha value is -1.96. The fourth-order valence-electron chi connectivity index (χ4n) is 1.16. The molecular formula is C11H10BrFN2O4. The van der Waals surface area contributed by atoms with Crippen LogP contribution in [0.25, 0.3) is 0 Å². The number of carbonyl (C=O) groups is 3. The Balaban J connectivity index is 2.53. The van der Waals surface area contributed by atoms with Gasteiger partial charge in [-0.05, 0) is 18.2 Å². The number of carboxylic acid groups (broad SMARTS) is 1. The van der Waals surface area contributed by atoms with E-state index in [0.717, 1.165) is 6.07 Å². The normalized spacial score (nSPS) is 9.79. The van der Waals surface area contributed by atoms with E-state index in [-0.39, 0.29) is 18.5 Å². The van der Waals surface area contributed by atoms with Gasteiger partial charge in [0.2, 0.25) is 5.91 Å². The Labute approximate surface area is 116 Å². The maximum absolute atomic E-state index is 13.3. The average Bonchev–Trinajstić information content (AvgIpc) is 2.31. The van der Waals surface area contributed by atoms with Gasteiger partial charge in [0.15, 0.2) is 0 Å². The molecule has 0 aliphatic rings. The minimum Gasteiger partial charge on any atom is -0.481 e. The van der Waals surface area contributed by atoms with Crippen LogP contribution in [0.4, 0.5) is 14.9 Å². The van der Waals surface area contributed by atoms with E-state index in [1.807, 2.05) is 5.32 Å². The van der Waals surface area contributed by atoms with Crippen LogP contribution in [0.15, 0.2) is 22.7 Å². The van der Waals surface area contributed by atoms with Gasteiger partial charge in [0.05, 0.1) is 12.1 Å². The molecule has 8 heteroatoms. The Bertz CT molecular complexity index is 521. The molecule has 0 radical (unpaired) electrons. The van der Waals surface area contributed by atoms with Crippen LogP contribution in [0, 0.1) is 5.82 Å². The maximum atomic E-state index is 13.3. The molecule has 1 aromatic carbocycles. The van der Waals surface area contributed by atoms with E-state index in [2.05, 4.69) is 21.2 Å². The molecule has 0 heterocycles. The summed E-state index contributed by atoms with van der Waals surface area (Å²) in [6.45, 7) is 0. The summed E-state index contributed by atoms with van der Waals surface area (Å²) in [4.78, 5) is 32.7. The van der Waals surface area contributed by atoms with Gasteiger partial charge in [-0.25, -0.2) is 9.18 Å². The number of hydrogen-bond donors (Lipinski definition) is 3. The van der Waals surface area contributed by atoms with Gasteiger partial charge in [-0.3, -0.25) is 14.9 Å². The lowest BCUT2D eigenvalue weighted by molar-refractivity contribution is -0.138. The van der Waals surface area contributed by atoms with Crippen molar-refractivity contribution < 1.29 is 23.9 Å². The van der Waals surface area contributed by atoms with Crippen LogP contribution in [0.2, 0.25) is 0 Å². The van der Waals surface area contributed by atoms with Gasteiger partial charge < -0.3 is 10.4 Å². The third-order valence-corrected chi connectivity index (χ3v) is 2.49. The van der Waals surface area contributed by atoms with Crippen molar-refractivity contribution in [3.8, 4) is 0 Å². The van der Waals surface area contributed by atoms with Crippen molar-refractivity contribution in [3.63, 3.8) is 0 Å². The second-order valence-corrected chi connectivity index (χ2v) is 4.44. The Morgan fingerprint density at radius 1 is 1.26 bits per heavy atom. The van der Waals surface area contributed by atoms with Crippen molar-refractivity contribution in [2.75, 3.05) is 5.32 Å². The van der Waals surface area contributed by atoms with Crippen LogP contribution in [-0.4, -0.2) is 23.0 Å². The molecule has 102 valence electrons. The molecule has 0 aliphatic heterocycles. The summed E-state index contributed by atoms with van der Waals surface area (Å²) in [6, 6.07) is 3.01. The largest absolute Gasteiger partial charge is 0.481 e. The van der Waals surface area contributed by atoms with Gasteiger partial charge in [0, 0.05) is 10.9 Å². The zero-order valence-corrected chi connectivity index (χ0v) is 11.2. The standard InChI is InChI=1S/C11H10BrFN2O4/c12-6-1-2-7(13)8(5-6)14-11(19)15-9(16)3-4-10(17)18/h1-2,5H,3-4H2,(H,17,18)(H2,14,15,16,19). The average molecular weight is 333 g/mol. The fraction of sp³-hybridized carbons (Fsp3) is 0.182. The van der Waals surface area contributed by atoms with Crippen LogP contribution in [0.5, 0.6) is 0 Å². The Morgan fingerprint density at radius 3 is 2.58 bits per heavy atom. The van der Waals surface area contributed by atoms with E-state index in [1.165, 1.54) is 12.1 Å². The highest BCUT2D eigenvalue weighted by atomic mass is 79.9. The summed E-state index contributed by atoms with van der Waals surface area (Å²) in [5, 5.41) is 12.4. The van der Waals surface area contributed by atoms with Crippen molar-refractivity contribution in [1.29, 1.82) is 0 Å². The molecule has 1 rings (SSSR count). The van der Waals surface area contributed by atoms with Crippen LogP contribution in [-0.2, 0) is 9.59 Å². The number of benzene rings is 1. The molecule has 0 saturated carbocycles. The summed E-state index contributed by atoms with van der Waals surface area (Å²) in [5.74, 6) is -2.56. The number of anilines is 1.